The number of para-hydroxylation sites is 1. The number of rotatable bonds is 12. The average molecular weight is 694 g/mol. The largest absolute Gasteiger partial charge is 0.483 e. The maximum absolute atomic E-state index is 14.3. The summed E-state index contributed by atoms with van der Waals surface area (Å²) in [4.78, 5) is 61.0. The number of fused-ring (bicyclic) bond motifs is 2. The van der Waals surface area contributed by atoms with Crippen molar-refractivity contribution < 1.29 is 23.9 Å². The zero-order valence-electron chi connectivity index (χ0n) is 27.0. The maximum Gasteiger partial charge on any atom is 0.333 e. The first-order valence-electron chi connectivity index (χ1n) is 15.8. The van der Waals surface area contributed by atoms with Crippen LogP contribution in [-0.4, -0.2) is 86.9 Å². The molecule has 0 saturated carbocycles. The van der Waals surface area contributed by atoms with Crippen LogP contribution >= 0.6 is 11.3 Å². The number of thiazole rings is 1. The normalized spacial score (nSPS) is 17.3. The number of benzene rings is 3. The molecule has 2 atom stereocenters. The van der Waals surface area contributed by atoms with E-state index >= 15 is 0 Å². The minimum Gasteiger partial charge on any atom is -0.483 e. The molecule has 3 aromatic carbocycles. The summed E-state index contributed by atoms with van der Waals surface area (Å²) < 4.78 is 6.40. The minimum atomic E-state index is -0.962. The van der Waals surface area contributed by atoms with Gasteiger partial charge < -0.3 is 31.3 Å². The van der Waals surface area contributed by atoms with Crippen LogP contribution in [0.3, 0.4) is 0 Å². The Morgan fingerprint density at radius 2 is 1.92 bits per heavy atom. The lowest BCUT2D eigenvalue weighted by Gasteiger charge is -2.46. The van der Waals surface area contributed by atoms with E-state index < -0.39 is 18.2 Å². The molecule has 1 aromatic heterocycles. The lowest BCUT2D eigenvalue weighted by Crippen LogP contribution is -2.66. The summed E-state index contributed by atoms with van der Waals surface area (Å²) in [7, 11) is 0. The Labute approximate surface area is 292 Å². The molecule has 2 aliphatic rings. The topological polar surface area (TPSA) is 191 Å². The Morgan fingerprint density at radius 1 is 1.12 bits per heavy atom. The second kappa shape index (κ2) is 14.6. The summed E-state index contributed by atoms with van der Waals surface area (Å²) in [5.41, 5.74) is 15.5. The van der Waals surface area contributed by atoms with Crippen molar-refractivity contribution in [2.45, 2.75) is 31.7 Å². The van der Waals surface area contributed by atoms with Crippen molar-refractivity contribution in [1.82, 2.24) is 30.1 Å². The fourth-order valence-electron chi connectivity index (χ4n) is 6.24. The summed E-state index contributed by atoms with van der Waals surface area (Å²) in [6, 6.07) is 20.5. The van der Waals surface area contributed by atoms with Crippen LogP contribution in [0.15, 0.2) is 79.4 Å². The highest BCUT2D eigenvalue weighted by Crippen LogP contribution is 2.33. The summed E-state index contributed by atoms with van der Waals surface area (Å²) in [6.45, 7) is 3.14. The predicted molar refractivity (Wildman–Crippen MR) is 187 cm³/mol. The highest BCUT2D eigenvalue weighted by molar-refractivity contribution is 7.22. The van der Waals surface area contributed by atoms with Gasteiger partial charge in [-0.1, -0.05) is 66.4 Å². The third-order valence-corrected chi connectivity index (χ3v) is 9.45. The SMILES string of the molecule is C=CC(=O)COc1ccc(C[C@H]2C(=O)N(Cc3cccc4sc(N)nc34)C[C@H]3N2C(=O)CN3N(CC#N)C(=O)NCc2ccccc2)cc1N. The maximum atomic E-state index is 14.3. The summed E-state index contributed by atoms with van der Waals surface area (Å²) in [5.74, 6) is -0.671. The number of aromatic nitrogens is 1. The van der Waals surface area contributed by atoms with Crippen LogP contribution in [-0.2, 0) is 33.9 Å². The van der Waals surface area contributed by atoms with Gasteiger partial charge in [-0.15, -0.1) is 0 Å². The van der Waals surface area contributed by atoms with Gasteiger partial charge in [0.25, 0.3) is 0 Å². The number of carbonyl (C=O) groups is 4. The third kappa shape index (κ3) is 7.07. The Balaban J connectivity index is 1.31. The molecule has 5 N–H and O–H groups in total. The van der Waals surface area contributed by atoms with E-state index in [1.807, 2.05) is 54.6 Å². The van der Waals surface area contributed by atoms with E-state index in [1.165, 1.54) is 21.2 Å². The summed E-state index contributed by atoms with van der Waals surface area (Å²) >= 11 is 1.35. The van der Waals surface area contributed by atoms with Crippen molar-refractivity contribution in [3.8, 4) is 11.8 Å². The smallest absolute Gasteiger partial charge is 0.333 e. The van der Waals surface area contributed by atoms with E-state index in [2.05, 4.69) is 16.9 Å². The first-order chi connectivity index (χ1) is 24.2. The number of nitriles is 1. The Bertz CT molecular complexity index is 2000. The van der Waals surface area contributed by atoms with E-state index in [0.717, 1.165) is 21.9 Å². The molecule has 0 unspecified atom stereocenters. The molecule has 0 spiro atoms. The fraction of sp³-hybridized carbons (Fsp3) is 0.257. The Kier molecular flexibility index (Phi) is 9.93. The number of urea groups is 1. The molecule has 50 heavy (non-hydrogen) atoms. The number of hydrazine groups is 1. The number of ketones is 1. The molecule has 14 nitrogen and oxygen atoms in total. The van der Waals surface area contributed by atoms with Crippen LogP contribution in [0.4, 0.5) is 15.6 Å². The van der Waals surface area contributed by atoms with Gasteiger partial charge in [0.05, 0.1) is 35.1 Å². The lowest BCUT2D eigenvalue weighted by molar-refractivity contribution is -0.157. The standard InChI is InChI=1S/C35H35N9O5S/c1-2-25(45)21-49-28-12-11-23(15-26(28)37)16-27-33(47)41(18-24-9-6-10-29-32(24)40-34(38)50-29)19-30-43(20-31(46)44(27)30)42(14-13-36)35(48)39-17-22-7-4-3-5-8-22/h2-12,15,27,30H,1,14,16-21,37H2,(H2,38,40)(H,39,48)/t27-,30+/m0/s1. The predicted octanol–water partition coefficient (Wildman–Crippen LogP) is 2.67. The van der Waals surface area contributed by atoms with Crippen LogP contribution in [0.25, 0.3) is 10.2 Å². The first-order valence-corrected chi connectivity index (χ1v) is 16.6. The van der Waals surface area contributed by atoms with Gasteiger partial charge in [-0.3, -0.25) is 14.4 Å². The molecular weight excluding hydrogens is 659 g/mol. The molecular formula is C35H35N9O5S. The molecule has 2 saturated heterocycles. The molecule has 256 valence electrons. The molecule has 2 fully saturated rings. The second-order valence-corrected chi connectivity index (χ2v) is 12.9. The van der Waals surface area contributed by atoms with Gasteiger partial charge in [0.15, 0.2) is 17.5 Å². The van der Waals surface area contributed by atoms with Crippen LogP contribution in [0.5, 0.6) is 5.75 Å². The van der Waals surface area contributed by atoms with Crippen molar-refractivity contribution in [3.63, 3.8) is 0 Å². The number of nitrogens with two attached hydrogens (primary N) is 2. The zero-order valence-corrected chi connectivity index (χ0v) is 27.8. The van der Waals surface area contributed by atoms with Crippen LogP contribution in [0.1, 0.15) is 16.7 Å². The van der Waals surface area contributed by atoms with Crippen molar-refractivity contribution in [2.75, 3.05) is 37.7 Å². The number of carbonyl (C=O) groups excluding carboxylic acids is 4. The van der Waals surface area contributed by atoms with E-state index in [1.54, 1.807) is 28.1 Å². The number of hydrogen-bond acceptors (Lipinski definition) is 11. The van der Waals surface area contributed by atoms with E-state index in [0.29, 0.717) is 22.0 Å². The van der Waals surface area contributed by atoms with Gasteiger partial charge >= 0.3 is 6.03 Å². The number of nitrogen functional groups attached to an aromatic ring is 2. The van der Waals surface area contributed by atoms with Gasteiger partial charge in [-0.25, -0.2) is 14.8 Å². The first kappa shape index (κ1) is 33.9. The van der Waals surface area contributed by atoms with E-state index in [4.69, 9.17) is 16.2 Å². The van der Waals surface area contributed by atoms with Gasteiger partial charge in [0.1, 0.15) is 24.5 Å². The summed E-state index contributed by atoms with van der Waals surface area (Å²) in [5, 5.41) is 15.8. The highest BCUT2D eigenvalue weighted by Gasteiger charge is 2.52. The number of piperazine rings is 1. The van der Waals surface area contributed by atoms with Gasteiger partial charge in [0.2, 0.25) is 11.8 Å². The number of nitrogens with one attached hydrogen (secondary N) is 1. The number of hydrogen-bond donors (Lipinski definition) is 3. The van der Waals surface area contributed by atoms with Gasteiger partial charge in [-0.2, -0.15) is 10.3 Å². The lowest BCUT2D eigenvalue weighted by atomic mass is 9.99. The molecule has 15 heteroatoms. The number of anilines is 2. The second-order valence-electron chi connectivity index (χ2n) is 11.8. The van der Waals surface area contributed by atoms with Crippen molar-refractivity contribution in [3.05, 3.63) is 96.1 Å². The van der Waals surface area contributed by atoms with Crippen LogP contribution < -0.4 is 21.5 Å². The molecule has 0 aliphatic carbocycles. The monoisotopic (exact) mass is 693 g/mol. The number of amides is 4. The average Bonchev–Trinajstić information content (AvgIpc) is 3.66. The molecule has 0 bridgehead atoms. The van der Waals surface area contributed by atoms with Crippen molar-refractivity contribution in [1.29, 1.82) is 5.26 Å². The molecule has 3 heterocycles. The molecule has 2 aliphatic heterocycles. The quantitative estimate of drug-likeness (QED) is 0.113. The van der Waals surface area contributed by atoms with Crippen molar-refractivity contribution >= 4 is 56.0 Å². The van der Waals surface area contributed by atoms with E-state index in [-0.39, 0.29) is 69.0 Å². The molecule has 6 rings (SSSR count). The Hall–Kier alpha value is -5.98. The molecule has 4 amide bonds. The minimum absolute atomic E-state index is 0.0667. The number of nitrogens with zero attached hydrogens (tertiary/aromatic N) is 6. The number of ether oxygens (including phenoxy) is 1. The molecule has 4 aromatic rings. The Morgan fingerprint density at radius 3 is 2.66 bits per heavy atom. The highest BCUT2D eigenvalue weighted by atomic mass is 32.1. The fourth-order valence-corrected chi connectivity index (χ4v) is 7.03. The van der Waals surface area contributed by atoms with E-state index in [9.17, 15) is 24.4 Å². The van der Waals surface area contributed by atoms with Gasteiger partial charge in [-0.05, 0) is 41.0 Å². The van der Waals surface area contributed by atoms with Crippen LogP contribution in [0, 0.1) is 11.3 Å². The van der Waals surface area contributed by atoms with Gasteiger partial charge in [0, 0.05) is 19.5 Å². The third-order valence-electron chi connectivity index (χ3n) is 8.60. The summed E-state index contributed by atoms with van der Waals surface area (Å²) in [6.07, 6.45) is 0.505. The van der Waals surface area contributed by atoms with Crippen LogP contribution in [0.2, 0.25) is 0 Å². The van der Waals surface area contributed by atoms with Crippen molar-refractivity contribution in [2.24, 2.45) is 0 Å². The molecule has 0 radical (unpaired) electrons. The zero-order chi connectivity index (χ0) is 35.4.